The fourth-order valence-corrected chi connectivity index (χ4v) is 6.12. The van der Waals surface area contributed by atoms with Crippen LogP contribution in [0.5, 0.6) is 5.75 Å². The van der Waals surface area contributed by atoms with Gasteiger partial charge in [0.05, 0.1) is 17.2 Å². The molecule has 1 saturated carbocycles. The molecular weight excluding hydrogens is 547 g/mol. The first-order valence-corrected chi connectivity index (χ1v) is 12.5. The maximum Gasteiger partial charge on any atom is 0.416 e. The third-order valence-electron chi connectivity index (χ3n) is 8.23. The number of primary amides is 1. The number of amides is 1. The monoisotopic (exact) mass is 571 g/mol. The molecule has 0 aromatic heterocycles. The highest BCUT2D eigenvalue weighted by Gasteiger charge is 2.64. The first kappa shape index (κ1) is 28.1. The molecule has 1 amide bonds. The van der Waals surface area contributed by atoms with Crippen LogP contribution in [0.15, 0.2) is 53.3 Å². The molecule has 2 aromatic carbocycles. The molecule has 0 spiro atoms. The van der Waals surface area contributed by atoms with Gasteiger partial charge in [-0.05, 0) is 29.2 Å². The zero-order valence-electron chi connectivity index (χ0n) is 21.3. The van der Waals surface area contributed by atoms with Crippen molar-refractivity contribution in [2.45, 2.75) is 37.1 Å². The number of hydrogen-bond acceptors (Lipinski definition) is 8. The summed E-state index contributed by atoms with van der Waals surface area (Å²) in [6.07, 6.45) is -4.00. The lowest BCUT2D eigenvalue weighted by molar-refractivity contribution is -0.160. The maximum absolute atomic E-state index is 13.7. The Morgan fingerprint density at radius 2 is 1.68 bits per heavy atom. The topological polar surface area (TPSA) is 178 Å². The molecule has 3 aliphatic carbocycles. The number of Topliss-reactive ketones (excluding diaryl/α,β-unsaturated/α-hetero) is 2. The number of phenols is 1. The number of aliphatic hydroxyl groups excluding tert-OH is 3. The number of carbonyl (C=O) groups is 3. The van der Waals surface area contributed by atoms with Gasteiger partial charge in [0.25, 0.3) is 5.91 Å². The van der Waals surface area contributed by atoms with Gasteiger partial charge >= 0.3 is 6.18 Å². The molecule has 0 aliphatic heterocycles. The second kappa shape index (κ2) is 9.32. The number of benzene rings is 2. The molecule has 214 valence electrons. The number of hydrogen-bond donors (Lipinski definition) is 6. The van der Waals surface area contributed by atoms with Gasteiger partial charge in [0, 0.05) is 29.4 Å². The van der Waals surface area contributed by atoms with Gasteiger partial charge in [-0.1, -0.05) is 43.3 Å². The summed E-state index contributed by atoms with van der Waals surface area (Å²) < 4.78 is 38.5. The molecule has 0 bridgehead atoms. The number of carbonyl (C=O) groups excluding carboxylic acids is 3. The zero-order chi connectivity index (χ0) is 30.2. The Morgan fingerprint density at radius 1 is 1.05 bits per heavy atom. The van der Waals surface area contributed by atoms with Crippen LogP contribution in [0.4, 0.5) is 13.2 Å². The number of aromatic hydroxyl groups is 1. The van der Waals surface area contributed by atoms with E-state index in [9.17, 15) is 53.1 Å². The lowest BCUT2D eigenvalue weighted by Crippen LogP contribution is -2.63. The Hall–Kier alpha value is -4.42. The molecule has 0 saturated heterocycles. The summed E-state index contributed by atoms with van der Waals surface area (Å²) in [6.45, 7) is 1.60. The van der Waals surface area contributed by atoms with E-state index in [0.717, 1.165) is 12.1 Å². The molecule has 41 heavy (non-hydrogen) atoms. The number of phenolic OH excluding ortho intramolecular Hbond substituents is 1. The second-order valence-electron chi connectivity index (χ2n) is 10.4. The number of rotatable bonds is 3. The van der Waals surface area contributed by atoms with E-state index in [4.69, 9.17) is 5.73 Å². The summed E-state index contributed by atoms with van der Waals surface area (Å²) in [6, 6.07) is 7.27. The van der Waals surface area contributed by atoms with E-state index in [2.05, 4.69) is 0 Å². The SMILES string of the molecule is C[C@H]1c2ccc(/C=C/c3ccc(C(F)(F)F)cc3)c(O)c2C(O)=C2C(=O)[C@]3(O)C(O)=C(C(N)=O)C(=O)C[C@@H]3[C@@H](O)[C@@H]21. The van der Waals surface area contributed by atoms with E-state index in [0.29, 0.717) is 11.1 Å². The largest absolute Gasteiger partial charge is 0.508 e. The first-order chi connectivity index (χ1) is 19.1. The van der Waals surface area contributed by atoms with Crippen molar-refractivity contribution in [3.05, 3.63) is 81.1 Å². The van der Waals surface area contributed by atoms with Crippen molar-refractivity contribution < 1.29 is 53.1 Å². The highest BCUT2D eigenvalue weighted by Crippen LogP contribution is 2.55. The van der Waals surface area contributed by atoms with E-state index < -0.39 is 93.5 Å². The van der Waals surface area contributed by atoms with Crippen LogP contribution >= 0.6 is 0 Å². The molecule has 12 heteroatoms. The quantitative estimate of drug-likeness (QED) is 0.240. The average molecular weight is 572 g/mol. The number of ketones is 2. The minimum Gasteiger partial charge on any atom is -0.508 e. The van der Waals surface area contributed by atoms with Crippen molar-refractivity contribution >= 4 is 35.4 Å². The van der Waals surface area contributed by atoms with Gasteiger partial charge in [-0.25, -0.2) is 0 Å². The van der Waals surface area contributed by atoms with Crippen molar-refractivity contribution in [1.82, 2.24) is 0 Å². The number of fused-ring (bicyclic) bond motifs is 3. The van der Waals surface area contributed by atoms with Crippen LogP contribution in [-0.4, -0.2) is 54.7 Å². The highest BCUT2D eigenvalue weighted by atomic mass is 19.4. The van der Waals surface area contributed by atoms with Crippen LogP contribution in [-0.2, 0) is 20.6 Å². The van der Waals surface area contributed by atoms with Crippen LogP contribution < -0.4 is 5.73 Å². The van der Waals surface area contributed by atoms with Crippen molar-refractivity contribution in [2.75, 3.05) is 0 Å². The third kappa shape index (κ3) is 4.05. The fraction of sp³-hybridized carbons (Fsp3) is 0.276. The fourth-order valence-electron chi connectivity index (χ4n) is 6.12. The maximum atomic E-state index is 13.7. The van der Waals surface area contributed by atoms with E-state index in [1.807, 2.05) is 0 Å². The van der Waals surface area contributed by atoms with Crippen LogP contribution in [0, 0.1) is 11.8 Å². The van der Waals surface area contributed by atoms with Gasteiger partial charge in [0.15, 0.2) is 11.4 Å². The normalized spacial score (nSPS) is 28.0. The third-order valence-corrected chi connectivity index (χ3v) is 8.23. The lowest BCUT2D eigenvalue weighted by atomic mass is 9.55. The Labute approximate surface area is 230 Å². The second-order valence-corrected chi connectivity index (χ2v) is 10.4. The molecule has 5 atom stereocenters. The summed E-state index contributed by atoms with van der Waals surface area (Å²) in [7, 11) is 0. The molecule has 5 rings (SSSR count). The highest BCUT2D eigenvalue weighted by molar-refractivity contribution is 6.23. The molecule has 0 radical (unpaired) electrons. The van der Waals surface area contributed by atoms with E-state index in [-0.39, 0.29) is 11.1 Å². The van der Waals surface area contributed by atoms with Crippen molar-refractivity contribution in [1.29, 1.82) is 0 Å². The molecule has 0 unspecified atom stereocenters. The minimum absolute atomic E-state index is 0.129. The minimum atomic E-state index is -4.50. The predicted molar refractivity (Wildman–Crippen MR) is 138 cm³/mol. The first-order valence-electron chi connectivity index (χ1n) is 12.5. The summed E-state index contributed by atoms with van der Waals surface area (Å²) in [4.78, 5) is 38.0. The van der Waals surface area contributed by atoms with Crippen molar-refractivity contribution in [3.8, 4) is 5.75 Å². The van der Waals surface area contributed by atoms with Gasteiger partial charge in [0.2, 0.25) is 5.78 Å². The summed E-state index contributed by atoms with van der Waals surface area (Å²) in [5.74, 6) is -9.63. The number of halogens is 3. The smallest absolute Gasteiger partial charge is 0.416 e. The van der Waals surface area contributed by atoms with Gasteiger partial charge in [-0.2, -0.15) is 13.2 Å². The van der Waals surface area contributed by atoms with Crippen LogP contribution in [0.3, 0.4) is 0 Å². The molecule has 9 nitrogen and oxygen atoms in total. The van der Waals surface area contributed by atoms with Crippen LogP contribution in [0.2, 0.25) is 0 Å². The van der Waals surface area contributed by atoms with Crippen molar-refractivity contribution in [3.63, 3.8) is 0 Å². The molecule has 3 aliphatic rings. The van der Waals surface area contributed by atoms with E-state index in [1.165, 1.54) is 36.4 Å². The number of aliphatic hydroxyl groups is 4. The Morgan fingerprint density at radius 3 is 2.27 bits per heavy atom. The molecule has 0 heterocycles. The molecule has 1 fully saturated rings. The standard InChI is InChI=1S/C29H24F3NO8/c1-11-15-9-6-13(5-2-12-3-7-14(8-4-12)29(30,31)32)22(35)19(15)24(37)21-18(11)23(36)16-10-17(34)20(27(33)40)25(38)28(16,41)26(21)39/h2-9,11,16,18,23,35-38,41H,10H2,1H3,(H2,33,40)/b5-2+/t11-,16+,18+,23+,28+/m0/s1. The van der Waals surface area contributed by atoms with Crippen molar-refractivity contribution in [2.24, 2.45) is 17.6 Å². The zero-order valence-corrected chi connectivity index (χ0v) is 21.3. The number of nitrogens with two attached hydrogens (primary N) is 1. The Kier molecular flexibility index (Phi) is 6.39. The predicted octanol–water partition coefficient (Wildman–Crippen LogP) is 3.14. The van der Waals surface area contributed by atoms with Gasteiger partial charge < -0.3 is 31.3 Å². The summed E-state index contributed by atoms with van der Waals surface area (Å²) in [5.41, 5.74) is 0.556. The van der Waals surface area contributed by atoms with Crippen LogP contribution in [0.1, 0.15) is 47.1 Å². The van der Waals surface area contributed by atoms with Gasteiger partial charge in [-0.15, -0.1) is 0 Å². The van der Waals surface area contributed by atoms with E-state index >= 15 is 0 Å². The average Bonchev–Trinajstić information content (AvgIpc) is 2.90. The summed E-state index contributed by atoms with van der Waals surface area (Å²) in [5, 5.41) is 55.7. The van der Waals surface area contributed by atoms with E-state index in [1.54, 1.807) is 6.92 Å². The molecule has 7 N–H and O–H groups in total. The summed E-state index contributed by atoms with van der Waals surface area (Å²) >= 11 is 0. The van der Waals surface area contributed by atoms with Gasteiger partial charge in [-0.3, -0.25) is 14.4 Å². The lowest BCUT2D eigenvalue weighted by Gasteiger charge is -2.50. The molecule has 2 aromatic rings. The Bertz CT molecular complexity index is 1600. The Balaban J connectivity index is 1.61. The van der Waals surface area contributed by atoms with Crippen LogP contribution in [0.25, 0.3) is 17.9 Å². The molecular formula is C29H24F3NO8. The van der Waals surface area contributed by atoms with Gasteiger partial charge in [0.1, 0.15) is 22.8 Å². The number of alkyl halides is 3.